The van der Waals surface area contributed by atoms with Crippen molar-refractivity contribution in [3.63, 3.8) is 0 Å². The summed E-state index contributed by atoms with van der Waals surface area (Å²) in [6.45, 7) is 4.85. The number of amides is 1. The number of hydrogen-bond acceptors (Lipinski definition) is 8. The first-order valence-corrected chi connectivity index (χ1v) is 12.3. The fraction of sp³-hybridized carbons (Fsp3) is 0.429. The number of aryl methyl sites for hydroxylation is 1. The molecule has 0 radical (unpaired) electrons. The highest BCUT2D eigenvalue weighted by molar-refractivity contribution is 7.90. The lowest BCUT2D eigenvalue weighted by Gasteiger charge is -2.16. The summed E-state index contributed by atoms with van der Waals surface area (Å²) in [6, 6.07) is 6.36. The second-order valence-corrected chi connectivity index (χ2v) is 10.5. The maximum absolute atomic E-state index is 12.4. The van der Waals surface area contributed by atoms with E-state index in [1.165, 1.54) is 30.6 Å². The van der Waals surface area contributed by atoms with Gasteiger partial charge in [-0.2, -0.15) is 0 Å². The summed E-state index contributed by atoms with van der Waals surface area (Å²) in [4.78, 5) is 27.4. The Morgan fingerprint density at radius 1 is 1.23 bits per heavy atom. The van der Waals surface area contributed by atoms with Crippen LogP contribution in [-0.4, -0.2) is 65.3 Å². The highest BCUT2D eigenvalue weighted by Gasteiger charge is 2.21. The van der Waals surface area contributed by atoms with Crippen LogP contribution in [0.4, 0.5) is 5.00 Å². The third-order valence-corrected chi connectivity index (χ3v) is 6.86. The third-order valence-electron chi connectivity index (χ3n) is 4.63. The molecule has 0 fully saturated rings. The van der Waals surface area contributed by atoms with Gasteiger partial charge in [0.2, 0.25) is 5.91 Å². The van der Waals surface area contributed by atoms with Crippen molar-refractivity contribution in [2.45, 2.75) is 25.2 Å². The predicted molar refractivity (Wildman–Crippen MR) is 121 cm³/mol. The Labute approximate surface area is 187 Å². The molecule has 8 nitrogen and oxygen atoms in total. The second kappa shape index (κ2) is 10.7. The SMILES string of the molecule is COC(=O)c1c(NC(=O)CN(C)CCCOc2cccc(S(C)(=O)=O)c2)sc(C)c1C. The van der Waals surface area contributed by atoms with Crippen molar-refractivity contribution in [3.05, 3.63) is 40.3 Å². The third kappa shape index (κ3) is 7.05. The number of rotatable bonds is 10. The number of nitrogens with one attached hydrogen (secondary N) is 1. The van der Waals surface area contributed by atoms with Crippen molar-refractivity contribution < 1.29 is 27.5 Å². The molecule has 0 spiro atoms. The minimum absolute atomic E-state index is 0.153. The zero-order valence-corrected chi connectivity index (χ0v) is 20.0. The number of esters is 1. The first-order chi connectivity index (χ1) is 14.5. The Bertz CT molecular complexity index is 1050. The molecule has 1 heterocycles. The number of nitrogens with zero attached hydrogens (tertiary/aromatic N) is 1. The lowest BCUT2D eigenvalue weighted by Crippen LogP contribution is -2.31. The van der Waals surface area contributed by atoms with Crippen LogP contribution in [0.5, 0.6) is 5.75 Å². The second-order valence-electron chi connectivity index (χ2n) is 7.21. The van der Waals surface area contributed by atoms with Gasteiger partial charge in [0.25, 0.3) is 0 Å². The number of ether oxygens (including phenoxy) is 2. The van der Waals surface area contributed by atoms with Gasteiger partial charge in [-0.15, -0.1) is 11.3 Å². The molecule has 0 atom stereocenters. The first kappa shape index (κ1) is 24.8. The van der Waals surface area contributed by atoms with Gasteiger partial charge < -0.3 is 14.8 Å². The summed E-state index contributed by atoms with van der Waals surface area (Å²) in [7, 11) is -0.152. The van der Waals surface area contributed by atoms with E-state index in [0.29, 0.717) is 35.9 Å². The van der Waals surface area contributed by atoms with Crippen molar-refractivity contribution >= 4 is 38.1 Å². The molecular weight excluding hydrogens is 440 g/mol. The quantitative estimate of drug-likeness (QED) is 0.422. The molecule has 170 valence electrons. The molecule has 2 rings (SSSR count). The monoisotopic (exact) mass is 468 g/mol. The topological polar surface area (TPSA) is 102 Å². The molecule has 2 aromatic rings. The number of carbonyl (C=O) groups is 2. The Balaban J connectivity index is 1.82. The van der Waals surface area contributed by atoms with Gasteiger partial charge in [-0.05, 0) is 51.1 Å². The standard InChI is InChI=1S/C21H28N2O6S2/c1-14-15(2)30-20(19(14)21(25)28-4)22-18(24)13-23(3)10-7-11-29-16-8-6-9-17(12-16)31(5,26)27/h6,8-9,12H,7,10-11,13H2,1-5H3,(H,22,24). The van der Waals surface area contributed by atoms with Crippen molar-refractivity contribution in [2.24, 2.45) is 0 Å². The van der Waals surface area contributed by atoms with Crippen molar-refractivity contribution in [1.82, 2.24) is 4.90 Å². The lowest BCUT2D eigenvalue weighted by atomic mass is 10.1. The molecule has 31 heavy (non-hydrogen) atoms. The summed E-state index contributed by atoms with van der Waals surface area (Å²) < 4.78 is 33.7. The van der Waals surface area contributed by atoms with E-state index in [1.54, 1.807) is 12.1 Å². The molecule has 0 saturated heterocycles. The molecule has 0 aliphatic carbocycles. The summed E-state index contributed by atoms with van der Waals surface area (Å²) >= 11 is 1.35. The van der Waals surface area contributed by atoms with Crippen LogP contribution in [0, 0.1) is 13.8 Å². The maximum atomic E-state index is 12.4. The first-order valence-electron chi connectivity index (χ1n) is 9.62. The largest absolute Gasteiger partial charge is 0.494 e. The van der Waals surface area contributed by atoms with E-state index in [-0.39, 0.29) is 17.3 Å². The number of methoxy groups -OCH3 is 1. The smallest absolute Gasteiger partial charge is 0.341 e. The summed E-state index contributed by atoms with van der Waals surface area (Å²) in [5, 5.41) is 3.30. The Kier molecular flexibility index (Phi) is 8.60. The lowest BCUT2D eigenvalue weighted by molar-refractivity contribution is -0.117. The molecule has 1 aromatic heterocycles. The van der Waals surface area contributed by atoms with Gasteiger partial charge >= 0.3 is 5.97 Å². The number of hydrogen-bond donors (Lipinski definition) is 1. The summed E-state index contributed by atoms with van der Waals surface area (Å²) in [6.07, 6.45) is 1.80. The molecule has 10 heteroatoms. The Morgan fingerprint density at radius 3 is 2.58 bits per heavy atom. The zero-order chi connectivity index (χ0) is 23.2. The molecule has 1 amide bonds. The van der Waals surface area contributed by atoms with Gasteiger partial charge in [-0.1, -0.05) is 6.07 Å². The van der Waals surface area contributed by atoms with Crippen LogP contribution in [0.1, 0.15) is 27.2 Å². The van der Waals surface area contributed by atoms with Gasteiger partial charge in [0.05, 0.1) is 30.7 Å². The minimum Gasteiger partial charge on any atom is -0.494 e. The normalized spacial score (nSPS) is 11.4. The fourth-order valence-corrected chi connectivity index (χ4v) is 4.59. The Morgan fingerprint density at radius 2 is 1.94 bits per heavy atom. The van der Waals surface area contributed by atoms with Crippen LogP contribution >= 0.6 is 11.3 Å². The number of anilines is 1. The van der Waals surface area contributed by atoms with Crippen LogP contribution in [-0.2, 0) is 19.4 Å². The van der Waals surface area contributed by atoms with E-state index in [1.807, 2.05) is 25.8 Å². The van der Waals surface area contributed by atoms with E-state index in [9.17, 15) is 18.0 Å². The van der Waals surface area contributed by atoms with E-state index >= 15 is 0 Å². The maximum Gasteiger partial charge on any atom is 0.341 e. The van der Waals surface area contributed by atoms with Gasteiger partial charge in [0, 0.05) is 17.7 Å². The number of carbonyl (C=O) groups excluding carboxylic acids is 2. The van der Waals surface area contributed by atoms with E-state index < -0.39 is 15.8 Å². The van der Waals surface area contributed by atoms with E-state index in [2.05, 4.69) is 5.32 Å². The molecule has 0 aliphatic rings. The number of benzene rings is 1. The van der Waals surface area contributed by atoms with Crippen molar-refractivity contribution in [1.29, 1.82) is 0 Å². The van der Waals surface area contributed by atoms with E-state index in [4.69, 9.17) is 9.47 Å². The number of sulfone groups is 1. The van der Waals surface area contributed by atoms with Crippen molar-refractivity contribution in [2.75, 3.05) is 45.4 Å². The molecule has 1 N–H and O–H groups in total. The molecule has 0 saturated carbocycles. The minimum atomic E-state index is -3.28. The molecular formula is C21H28N2O6S2. The molecule has 1 aromatic carbocycles. The average molecular weight is 469 g/mol. The Hall–Kier alpha value is -2.43. The van der Waals surface area contributed by atoms with Crippen LogP contribution < -0.4 is 10.1 Å². The van der Waals surface area contributed by atoms with Gasteiger partial charge in [0.15, 0.2) is 9.84 Å². The molecule has 0 bridgehead atoms. The summed E-state index contributed by atoms with van der Waals surface area (Å²) in [5.74, 6) is -0.208. The van der Waals surface area contributed by atoms with Gasteiger partial charge in [-0.3, -0.25) is 9.69 Å². The molecule has 0 aliphatic heterocycles. The fourth-order valence-electron chi connectivity index (χ4n) is 2.87. The number of thiophene rings is 1. The summed E-state index contributed by atoms with van der Waals surface area (Å²) in [5.41, 5.74) is 1.20. The van der Waals surface area contributed by atoms with Crippen LogP contribution in [0.2, 0.25) is 0 Å². The molecule has 0 unspecified atom stereocenters. The highest BCUT2D eigenvalue weighted by Crippen LogP contribution is 2.32. The van der Waals surface area contributed by atoms with E-state index in [0.717, 1.165) is 16.7 Å². The van der Waals surface area contributed by atoms with Crippen LogP contribution in [0.25, 0.3) is 0 Å². The van der Waals surface area contributed by atoms with Crippen molar-refractivity contribution in [3.8, 4) is 5.75 Å². The van der Waals surface area contributed by atoms with Crippen LogP contribution in [0.15, 0.2) is 29.2 Å². The van der Waals surface area contributed by atoms with Crippen LogP contribution in [0.3, 0.4) is 0 Å². The predicted octanol–water partition coefficient (Wildman–Crippen LogP) is 2.89. The van der Waals surface area contributed by atoms with Gasteiger partial charge in [-0.25, -0.2) is 13.2 Å². The number of likely N-dealkylation sites (N-methyl/N-ethyl adjacent to an activating group) is 1. The zero-order valence-electron chi connectivity index (χ0n) is 18.4. The highest BCUT2D eigenvalue weighted by atomic mass is 32.2. The van der Waals surface area contributed by atoms with Gasteiger partial charge in [0.1, 0.15) is 10.8 Å². The average Bonchev–Trinajstić information content (AvgIpc) is 2.97.